The van der Waals surface area contributed by atoms with Crippen LogP contribution >= 0.6 is 0 Å². The third-order valence-electron chi connectivity index (χ3n) is 6.64. The number of fused-ring (bicyclic) bond motifs is 1. The number of nitrogens with zero attached hydrogens (tertiary/aromatic N) is 3. The van der Waals surface area contributed by atoms with Crippen LogP contribution in [0.4, 0.5) is 0 Å². The molecule has 1 aliphatic heterocycles. The van der Waals surface area contributed by atoms with E-state index in [1.807, 2.05) is 19.1 Å². The van der Waals surface area contributed by atoms with Crippen LogP contribution in [0.2, 0.25) is 0 Å². The number of hydrogen-bond donors (Lipinski definition) is 0. The van der Waals surface area contributed by atoms with Gasteiger partial charge in [-0.3, -0.25) is 4.79 Å². The van der Waals surface area contributed by atoms with E-state index in [0.717, 1.165) is 48.2 Å². The Hall–Kier alpha value is -3.14. The van der Waals surface area contributed by atoms with E-state index in [1.54, 1.807) is 0 Å². The van der Waals surface area contributed by atoms with Crippen molar-refractivity contribution in [2.24, 2.45) is 5.92 Å². The van der Waals surface area contributed by atoms with Gasteiger partial charge in [-0.15, -0.1) is 0 Å². The average Bonchev–Trinajstić information content (AvgIpc) is 3.37. The number of aryl methyl sites for hydroxylation is 2. The molecule has 4 heteroatoms. The second-order valence-corrected chi connectivity index (χ2v) is 9.00. The highest BCUT2D eigenvalue weighted by Gasteiger charge is 2.32. The molecule has 0 N–H and O–H groups in total. The van der Waals surface area contributed by atoms with Gasteiger partial charge in [0.1, 0.15) is 0 Å². The SMILES string of the molecule is C=C/C(=C\C)c1ccc2c(ccn2CC2CC(C)N(C(=O)CCc3ccc(C)cc3)C2)n1. The molecule has 3 heterocycles. The summed E-state index contributed by atoms with van der Waals surface area (Å²) < 4.78 is 2.28. The molecule has 0 aliphatic carbocycles. The van der Waals surface area contributed by atoms with Crippen LogP contribution in [0.3, 0.4) is 0 Å². The zero-order valence-electron chi connectivity index (χ0n) is 19.4. The van der Waals surface area contributed by atoms with Gasteiger partial charge in [0.25, 0.3) is 0 Å². The summed E-state index contributed by atoms with van der Waals surface area (Å²) in [7, 11) is 0. The van der Waals surface area contributed by atoms with Crippen molar-refractivity contribution in [3.63, 3.8) is 0 Å². The molecule has 4 rings (SSSR count). The summed E-state index contributed by atoms with van der Waals surface area (Å²) in [5.74, 6) is 0.732. The summed E-state index contributed by atoms with van der Waals surface area (Å²) in [4.78, 5) is 19.8. The minimum Gasteiger partial charge on any atom is -0.346 e. The predicted octanol–water partition coefficient (Wildman–Crippen LogP) is 5.80. The number of likely N-dealkylation sites (tertiary alicyclic amines) is 1. The van der Waals surface area contributed by atoms with Gasteiger partial charge in [0.15, 0.2) is 0 Å². The Balaban J connectivity index is 1.39. The molecule has 1 amide bonds. The second-order valence-electron chi connectivity index (χ2n) is 9.00. The van der Waals surface area contributed by atoms with E-state index < -0.39 is 0 Å². The van der Waals surface area contributed by atoms with Crippen molar-refractivity contribution in [1.82, 2.24) is 14.5 Å². The zero-order chi connectivity index (χ0) is 22.7. The number of carbonyl (C=O) groups is 1. The van der Waals surface area contributed by atoms with Crippen LogP contribution in [-0.2, 0) is 17.8 Å². The van der Waals surface area contributed by atoms with Crippen LogP contribution in [0, 0.1) is 12.8 Å². The number of aromatic nitrogens is 2. The molecule has 0 radical (unpaired) electrons. The molecule has 4 nitrogen and oxygen atoms in total. The molecule has 1 fully saturated rings. The van der Waals surface area contributed by atoms with Gasteiger partial charge in [-0.2, -0.15) is 0 Å². The van der Waals surface area contributed by atoms with E-state index in [4.69, 9.17) is 4.98 Å². The summed E-state index contributed by atoms with van der Waals surface area (Å²) in [6, 6.07) is 15.1. The Morgan fingerprint density at radius 3 is 2.69 bits per heavy atom. The predicted molar refractivity (Wildman–Crippen MR) is 132 cm³/mol. The summed E-state index contributed by atoms with van der Waals surface area (Å²) in [5.41, 5.74) is 6.63. The van der Waals surface area contributed by atoms with Gasteiger partial charge in [0.05, 0.1) is 16.7 Å². The Morgan fingerprint density at radius 1 is 1.19 bits per heavy atom. The van der Waals surface area contributed by atoms with E-state index in [-0.39, 0.29) is 5.91 Å². The fourth-order valence-electron chi connectivity index (χ4n) is 4.81. The van der Waals surface area contributed by atoms with Gasteiger partial charge < -0.3 is 9.47 Å². The van der Waals surface area contributed by atoms with Crippen molar-refractivity contribution in [1.29, 1.82) is 0 Å². The molecule has 0 bridgehead atoms. The van der Waals surface area contributed by atoms with Crippen LogP contribution in [0.25, 0.3) is 16.6 Å². The first kappa shape index (κ1) is 22.1. The fourth-order valence-corrected chi connectivity index (χ4v) is 4.81. The zero-order valence-corrected chi connectivity index (χ0v) is 19.4. The molecular formula is C28H33N3O. The van der Waals surface area contributed by atoms with Crippen LogP contribution in [0.1, 0.15) is 43.5 Å². The van der Waals surface area contributed by atoms with Crippen LogP contribution in [-0.4, -0.2) is 32.9 Å². The molecule has 2 unspecified atom stereocenters. The average molecular weight is 428 g/mol. The number of hydrogen-bond acceptors (Lipinski definition) is 2. The summed E-state index contributed by atoms with van der Waals surface area (Å²) in [6.45, 7) is 11.9. The molecule has 3 aromatic rings. The molecule has 0 saturated carbocycles. The topological polar surface area (TPSA) is 38.1 Å². The van der Waals surface area contributed by atoms with Gasteiger partial charge in [-0.05, 0) is 68.9 Å². The molecular weight excluding hydrogens is 394 g/mol. The lowest BCUT2D eigenvalue weighted by molar-refractivity contribution is -0.131. The molecule has 0 spiro atoms. The lowest BCUT2D eigenvalue weighted by atomic mass is 10.1. The Kier molecular flexibility index (Phi) is 6.59. The van der Waals surface area contributed by atoms with Crippen LogP contribution in [0.5, 0.6) is 0 Å². The van der Waals surface area contributed by atoms with E-state index in [9.17, 15) is 4.79 Å². The quantitative estimate of drug-likeness (QED) is 0.447. The molecule has 1 aromatic carbocycles. The van der Waals surface area contributed by atoms with E-state index in [0.29, 0.717) is 18.4 Å². The number of allylic oxidation sites excluding steroid dienone is 3. The number of pyridine rings is 1. The van der Waals surface area contributed by atoms with Crippen molar-refractivity contribution < 1.29 is 4.79 Å². The maximum Gasteiger partial charge on any atom is 0.223 e. The molecule has 2 atom stereocenters. The first-order chi connectivity index (χ1) is 15.5. The van der Waals surface area contributed by atoms with Gasteiger partial charge in [-0.25, -0.2) is 4.98 Å². The monoisotopic (exact) mass is 427 g/mol. The minimum absolute atomic E-state index is 0.271. The van der Waals surface area contributed by atoms with Gasteiger partial charge in [0.2, 0.25) is 5.91 Å². The standard InChI is InChI=1S/C28H33N3O/c1-5-24(6-2)25-12-13-27-26(29-25)15-16-30(27)18-23-17-21(4)31(19-23)28(32)14-11-22-9-7-20(3)8-10-22/h5-10,12-13,15-16,21,23H,1,11,14,17-19H2,2-4H3/b24-6+. The van der Waals surface area contributed by atoms with E-state index in [2.05, 4.69) is 78.6 Å². The summed E-state index contributed by atoms with van der Waals surface area (Å²) >= 11 is 0. The maximum absolute atomic E-state index is 12.9. The van der Waals surface area contributed by atoms with Crippen molar-refractivity contribution in [3.05, 3.63) is 84.2 Å². The lowest BCUT2D eigenvalue weighted by Crippen LogP contribution is -2.34. The van der Waals surface area contributed by atoms with Crippen LogP contribution < -0.4 is 0 Å². The van der Waals surface area contributed by atoms with Crippen molar-refractivity contribution in [3.8, 4) is 0 Å². The third kappa shape index (κ3) is 4.69. The largest absolute Gasteiger partial charge is 0.346 e. The second kappa shape index (κ2) is 9.56. The van der Waals surface area contributed by atoms with E-state index >= 15 is 0 Å². The molecule has 2 aromatic heterocycles. The Labute approximate surface area is 191 Å². The van der Waals surface area contributed by atoms with Crippen molar-refractivity contribution in [2.75, 3.05) is 6.54 Å². The molecule has 166 valence electrons. The summed E-state index contributed by atoms with van der Waals surface area (Å²) in [6.07, 6.45) is 8.42. The van der Waals surface area contributed by atoms with Gasteiger partial charge >= 0.3 is 0 Å². The first-order valence-corrected chi connectivity index (χ1v) is 11.6. The summed E-state index contributed by atoms with van der Waals surface area (Å²) in [5, 5.41) is 0. The Bertz CT molecular complexity index is 1140. The first-order valence-electron chi connectivity index (χ1n) is 11.6. The molecule has 1 aliphatic rings. The number of amides is 1. The van der Waals surface area contributed by atoms with E-state index in [1.165, 1.54) is 11.1 Å². The minimum atomic E-state index is 0.271. The molecule has 1 saturated heterocycles. The molecule has 32 heavy (non-hydrogen) atoms. The highest BCUT2D eigenvalue weighted by atomic mass is 16.2. The highest BCUT2D eigenvalue weighted by molar-refractivity contribution is 5.81. The number of benzene rings is 1. The van der Waals surface area contributed by atoms with Crippen LogP contribution in [0.15, 0.2) is 67.4 Å². The van der Waals surface area contributed by atoms with Crippen molar-refractivity contribution in [2.45, 2.75) is 52.6 Å². The number of carbonyl (C=O) groups excluding carboxylic acids is 1. The number of rotatable bonds is 7. The normalized spacial score (nSPS) is 19.0. The smallest absolute Gasteiger partial charge is 0.223 e. The highest BCUT2D eigenvalue weighted by Crippen LogP contribution is 2.27. The lowest BCUT2D eigenvalue weighted by Gasteiger charge is -2.21. The van der Waals surface area contributed by atoms with Crippen molar-refractivity contribution >= 4 is 22.5 Å². The third-order valence-corrected chi connectivity index (χ3v) is 6.64. The van der Waals surface area contributed by atoms with Gasteiger partial charge in [0, 0.05) is 31.7 Å². The maximum atomic E-state index is 12.9. The van der Waals surface area contributed by atoms with Gasteiger partial charge in [-0.1, -0.05) is 48.6 Å². The Morgan fingerprint density at radius 2 is 1.97 bits per heavy atom. The fraction of sp³-hybridized carbons (Fsp3) is 0.357.